The zero-order chi connectivity index (χ0) is 20.3. The first kappa shape index (κ1) is 19.4. The smallest absolute Gasteiger partial charge is 0.230 e. The molecule has 2 saturated carbocycles. The van der Waals surface area contributed by atoms with Gasteiger partial charge in [-0.1, -0.05) is 72.4 Å². The SMILES string of the molecule is O=C(CSc1nnc(C2CC2)n1C1CC1)N[C@H](Cc1ccccc1)c1ccccc1. The zero-order valence-corrected chi connectivity index (χ0v) is 17.7. The maximum absolute atomic E-state index is 12.9. The van der Waals surface area contributed by atoms with Crippen molar-refractivity contribution >= 4 is 17.7 Å². The van der Waals surface area contributed by atoms with Crippen molar-refractivity contribution in [2.24, 2.45) is 0 Å². The van der Waals surface area contributed by atoms with Gasteiger partial charge in [-0.15, -0.1) is 10.2 Å². The van der Waals surface area contributed by atoms with Gasteiger partial charge in [-0.2, -0.15) is 0 Å². The van der Waals surface area contributed by atoms with Crippen molar-refractivity contribution in [2.75, 3.05) is 5.75 Å². The summed E-state index contributed by atoms with van der Waals surface area (Å²) in [6.07, 6.45) is 5.60. The average Bonchev–Trinajstić information content (AvgIpc) is 3.72. The molecule has 1 heterocycles. The minimum absolute atomic E-state index is 0.0307. The minimum Gasteiger partial charge on any atom is -0.348 e. The van der Waals surface area contributed by atoms with Gasteiger partial charge in [0.1, 0.15) is 5.82 Å². The molecule has 2 fully saturated rings. The lowest BCUT2D eigenvalue weighted by Gasteiger charge is -2.19. The first-order chi connectivity index (χ1) is 14.8. The van der Waals surface area contributed by atoms with Crippen molar-refractivity contribution in [3.8, 4) is 0 Å². The molecule has 3 aromatic rings. The largest absolute Gasteiger partial charge is 0.348 e. The summed E-state index contributed by atoms with van der Waals surface area (Å²) in [5.41, 5.74) is 2.33. The Morgan fingerprint density at radius 1 is 1.00 bits per heavy atom. The van der Waals surface area contributed by atoms with Crippen LogP contribution in [0.4, 0.5) is 0 Å². The van der Waals surface area contributed by atoms with E-state index in [0.29, 0.717) is 17.7 Å². The molecule has 30 heavy (non-hydrogen) atoms. The molecule has 6 heteroatoms. The third-order valence-corrected chi connectivity index (χ3v) is 6.64. The predicted octanol–water partition coefficient (Wildman–Crippen LogP) is 4.68. The van der Waals surface area contributed by atoms with E-state index in [0.717, 1.165) is 23.0 Å². The normalized spacial score (nSPS) is 16.9. The summed E-state index contributed by atoms with van der Waals surface area (Å²) < 4.78 is 2.30. The molecule has 0 unspecified atom stereocenters. The zero-order valence-electron chi connectivity index (χ0n) is 16.9. The number of rotatable bonds is 9. The van der Waals surface area contributed by atoms with Crippen molar-refractivity contribution in [3.05, 3.63) is 77.6 Å². The molecular formula is C24H26N4OS. The fourth-order valence-electron chi connectivity index (χ4n) is 3.84. The molecule has 1 aromatic heterocycles. The molecule has 2 aromatic carbocycles. The Balaban J connectivity index is 1.26. The van der Waals surface area contributed by atoms with Gasteiger partial charge >= 0.3 is 0 Å². The molecule has 2 aliphatic carbocycles. The highest BCUT2D eigenvalue weighted by atomic mass is 32.2. The van der Waals surface area contributed by atoms with Crippen LogP contribution >= 0.6 is 11.8 Å². The molecule has 1 atom stereocenters. The number of amides is 1. The average molecular weight is 419 g/mol. The van der Waals surface area contributed by atoms with Gasteiger partial charge in [0, 0.05) is 12.0 Å². The highest BCUT2D eigenvalue weighted by Gasteiger charge is 2.36. The Labute approximate surface area is 181 Å². The topological polar surface area (TPSA) is 59.8 Å². The molecule has 0 saturated heterocycles. The van der Waals surface area contributed by atoms with E-state index in [1.165, 1.54) is 43.0 Å². The van der Waals surface area contributed by atoms with Crippen molar-refractivity contribution in [2.45, 2.75) is 55.3 Å². The second-order valence-corrected chi connectivity index (χ2v) is 9.17. The second kappa shape index (κ2) is 8.64. The summed E-state index contributed by atoms with van der Waals surface area (Å²) in [4.78, 5) is 12.9. The maximum Gasteiger partial charge on any atom is 0.230 e. The molecule has 1 N–H and O–H groups in total. The van der Waals surface area contributed by atoms with Crippen LogP contribution < -0.4 is 5.32 Å². The lowest BCUT2D eigenvalue weighted by Crippen LogP contribution is -2.31. The number of hydrogen-bond acceptors (Lipinski definition) is 4. The van der Waals surface area contributed by atoms with Crippen LogP contribution in [-0.2, 0) is 11.2 Å². The van der Waals surface area contributed by atoms with Crippen molar-refractivity contribution < 1.29 is 4.79 Å². The molecule has 154 valence electrons. The van der Waals surface area contributed by atoms with Crippen LogP contribution in [0.3, 0.4) is 0 Å². The highest BCUT2D eigenvalue weighted by molar-refractivity contribution is 7.99. The summed E-state index contributed by atoms with van der Waals surface area (Å²) in [5, 5.41) is 13.0. The Morgan fingerprint density at radius 2 is 1.70 bits per heavy atom. The molecular weight excluding hydrogens is 392 g/mol. The number of nitrogens with one attached hydrogen (secondary N) is 1. The van der Waals surface area contributed by atoms with Crippen molar-refractivity contribution in [3.63, 3.8) is 0 Å². The van der Waals surface area contributed by atoms with Crippen LogP contribution in [-0.4, -0.2) is 26.4 Å². The maximum atomic E-state index is 12.9. The summed E-state index contributed by atoms with van der Waals surface area (Å²) in [5.74, 6) is 2.09. The van der Waals surface area contributed by atoms with E-state index in [1.807, 2.05) is 36.4 Å². The molecule has 0 spiro atoms. The van der Waals surface area contributed by atoms with E-state index in [9.17, 15) is 4.79 Å². The molecule has 2 aliphatic rings. The van der Waals surface area contributed by atoms with Gasteiger partial charge in [-0.3, -0.25) is 4.79 Å². The third-order valence-electron chi connectivity index (χ3n) is 5.70. The molecule has 1 amide bonds. The van der Waals surface area contributed by atoms with Crippen LogP contribution in [0.15, 0.2) is 65.8 Å². The lowest BCUT2D eigenvalue weighted by atomic mass is 9.99. The fraction of sp³-hybridized carbons (Fsp3) is 0.375. The lowest BCUT2D eigenvalue weighted by molar-refractivity contribution is -0.119. The monoisotopic (exact) mass is 418 g/mol. The van der Waals surface area contributed by atoms with Crippen molar-refractivity contribution in [1.29, 1.82) is 0 Å². The molecule has 5 rings (SSSR count). The van der Waals surface area contributed by atoms with E-state index >= 15 is 0 Å². The fourth-order valence-corrected chi connectivity index (χ4v) is 4.66. The molecule has 5 nitrogen and oxygen atoms in total. The highest BCUT2D eigenvalue weighted by Crippen LogP contribution is 2.45. The van der Waals surface area contributed by atoms with E-state index in [-0.39, 0.29) is 11.9 Å². The Bertz CT molecular complexity index is 997. The van der Waals surface area contributed by atoms with E-state index in [1.54, 1.807) is 0 Å². The minimum atomic E-state index is -0.0509. The number of thioether (sulfide) groups is 1. The van der Waals surface area contributed by atoms with Crippen LogP contribution in [0.2, 0.25) is 0 Å². The number of nitrogens with zero attached hydrogens (tertiary/aromatic N) is 3. The number of hydrogen-bond donors (Lipinski definition) is 1. The number of benzene rings is 2. The second-order valence-electron chi connectivity index (χ2n) is 8.23. The number of aromatic nitrogens is 3. The third kappa shape index (κ3) is 4.59. The molecule has 0 aliphatic heterocycles. The first-order valence-electron chi connectivity index (χ1n) is 10.7. The Hall–Kier alpha value is -2.60. The van der Waals surface area contributed by atoms with Gasteiger partial charge in [0.05, 0.1) is 11.8 Å². The van der Waals surface area contributed by atoms with Gasteiger partial charge in [-0.05, 0) is 43.2 Å². The van der Waals surface area contributed by atoms with Gasteiger partial charge in [-0.25, -0.2) is 0 Å². The summed E-state index contributed by atoms with van der Waals surface area (Å²) in [6, 6.07) is 21.0. The first-order valence-corrected chi connectivity index (χ1v) is 11.7. The van der Waals surface area contributed by atoms with Crippen LogP contribution in [0.25, 0.3) is 0 Å². The van der Waals surface area contributed by atoms with Gasteiger partial charge in [0.25, 0.3) is 0 Å². The van der Waals surface area contributed by atoms with Crippen molar-refractivity contribution in [1.82, 2.24) is 20.1 Å². The Morgan fingerprint density at radius 3 is 2.37 bits per heavy atom. The summed E-state index contributed by atoms with van der Waals surface area (Å²) >= 11 is 1.51. The van der Waals surface area contributed by atoms with E-state index in [4.69, 9.17) is 0 Å². The van der Waals surface area contributed by atoms with E-state index in [2.05, 4.69) is 44.3 Å². The number of carbonyl (C=O) groups excluding carboxylic acids is 1. The van der Waals surface area contributed by atoms with Gasteiger partial charge in [0.2, 0.25) is 5.91 Å². The molecule has 0 radical (unpaired) electrons. The number of carbonyl (C=O) groups is 1. The van der Waals surface area contributed by atoms with Crippen LogP contribution in [0.1, 0.15) is 60.6 Å². The van der Waals surface area contributed by atoms with E-state index < -0.39 is 0 Å². The van der Waals surface area contributed by atoms with Gasteiger partial charge < -0.3 is 9.88 Å². The Kier molecular flexibility index (Phi) is 5.58. The van der Waals surface area contributed by atoms with Gasteiger partial charge in [0.15, 0.2) is 5.16 Å². The predicted molar refractivity (Wildman–Crippen MR) is 118 cm³/mol. The summed E-state index contributed by atoms with van der Waals surface area (Å²) in [6.45, 7) is 0. The standard InChI is InChI=1S/C24H26N4OS/c29-22(16-30-24-27-26-23(19-11-12-19)28(24)20-13-14-20)25-21(18-9-5-2-6-10-18)15-17-7-3-1-4-8-17/h1-10,19-21H,11-16H2,(H,25,29)/t21-/m1/s1. The molecule has 0 bridgehead atoms. The van der Waals surface area contributed by atoms with Crippen LogP contribution in [0, 0.1) is 0 Å². The van der Waals surface area contributed by atoms with Crippen LogP contribution in [0.5, 0.6) is 0 Å². The quantitative estimate of drug-likeness (QED) is 0.513. The summed E-state index contributed by atoms with van der Waals surface area (Å²) in [7, 11) is 0.